The fourth-order valence-corrected chi connectivity index (χ4v) is 2.98. The van der Waals surface area contributed by atoms with Gasteiger partial charge in [-0.05, 0) is 12.1 Å². The highest BCUT2D eigenvalue weighted by atomic mass is 32.2. The number of hydrogen-bond donors (Lipinski definition) is 1. The maximum absolute atomic E-state index is 12.4. The minimum Gasteiger partial charge on any atom is -0.384 e. The molecule has 4 nitrogen and oxygen atoms in total. The van der Waals surface area contributed by atoms with E-state index in [4.69, 9.17) is 5.11 Å². The van der Waals surface area contributed by atoms with Gasteiger partial charge in [-0.15, -0.1) is 0 Å². The predicted octanol–water partition coefficient (Wildman–Crippen LogP) is 0.235. The third-order valence-electron chi connectivity index (χ3n) is 2.92. The van der Waals surface area contributed by atoms with E-state index in [0.717, 1.165) is 0 Å². The number of carbonyl (C=O) groups is 1. The summed E-state index contributed by atoms with van der Waals surface area (Å²) in [5.74, 6) is 6.33. The minimum atomic E-state index is -0.799. The minimum absolute atomic E-state index is 0.0838. The molecule has 0 spiro atoms. The van der Waals surface area contributed by atoms with Crippen LogP contribution in [0, 0.1) is 11.8 Å². The molecule has 1 aromatic rings. The summed E-state index contributed by atoms with van der Waals surface area (Å²) < 4.78 is 11.3. The van der Waals surface area contributed by atoms with E-state index in [1.54, 1.807) is 23.1 Å². The number of carbonyl (C=O) groups excluding carboxylic acids is 1. The topological polar surface area (TPSA) is 57.6 Å². The van der Waals surface area contributed by atoms with Crippen molar-refractivity contribution in [2.24, 2.45) is 0 Å². The molecule has 1 amide bonds. The standard InChI is InChI=1S/C14H15NO3S/c16-9-3-5-12-4-1-2-6-13(12)14(17)15-7-10-19(18)11-8-15/h1-2,4,6,16H,7-11H2. The van der Waals surface area contributed by atoms with E-state index in [1.165, 1.54) is 0 Å². The Morgan fingerprint density at radius 3 is 2.68 bits per heavy atom. The summed E-state index contributed by atoms with van der Waals surface area (Å²) >= 11 is 0. The van der Waals surface area contributed by atoms with Crippen LogP contribution in [0.1, 0.15) is 15.9 Å². The second-order valence-corrected chi connectivity index (χ2v) is 5.84. The highest BCUT2D eigenvalue weighted by molar-refractivity contribution is 7.85. The first-order valence-electron chi connectivity index (χ1n) is 6.05. The quantitative estimate of drug-likeness (QED) is 0.748. The molecular weight excluding hydrogens is 262 g/mol. The van der Waals surface area contributed by atoms with Crippen molar-refractivity contribution in [3.8, 4) is 11.8 Å². The van der Waals surface area contributed by atoms with Gasteiger partial charge in [-0.3, -0.25) is 9.00 Å². The second kappa shape index (κ2) is 6.50. The zero-order chi connectivity index (χ0) is 13.7. The van der Waals surface area contributed by atoms with Gasteiger partial charge in [0.1, 0.15) is 6.61 Å². The molecular formula is C14H15NO3S. The average molecular weight is 277 g/mol. The molecule has 0 bridgehead atoms. The molecule has 1 aromatic carbocycles. The van der Waals surface area contributed by atoms with Crippen molar-refractivity contribution in [2.75, 3.05) is 31.2 Å². The molecule has 0 radical (unpaired) electrons. The van der Waals surface area contributed by atoms with Gasteiger partial charge >= 0.3 is 0 Å². The lowest BCUT2D eigenvalue weighted by Gasteiger charge is -2.26. The van der Waals surface area contributed by atoms with E-state index in [0.29, 0.717) is 35.7 Å². The zero-order valence-corrected chi connectivity index (χ0v) is 11.3. The van der Waals surface area contributed by atoms with Crippen molar-refractivity contribution in [1.82, 2.24) is 4.90 Å². The van der Waals surface area contributed by atoms with Crippen molar-refractivity contribution in [3.05, 3.63) is 35.4 Å². The Morgan fingerprint density at radius 2 is 2.00 bits per heavy atom. The number of aliphatic hydroxyl groups is 1. The molecule has 2 rings (SSSR count). The summed E-state index contributed by atoms with van der Waals surface area (Å²) in [5, 5.41) is 8.73. The largest absolute Gasteiger partial charge is 0.384 e. The summed E-state index contributed by atoms with van der Waals surface area (Å²) in [7, 11) is -0.799. The zero-order valence-electron chi connectivity index (χ0n) is 10.5. The first-order chi connectivity index (χ1) is 9.22. The Morgan fingerprint density at radius 1 is 1.32 bits per heavy atom. The lowest BCUT2D eigenvalue weighted by atomic mass is 10.1. The van der Waals surface area contributed by atoms with E-state index < -0.39 is 10.8 Å². The van der Waals surface area contributed by atoms with Gasteiger partial charge in [-0.1, -0.05) is 24.0 Å². The molecule has 1 N–H and O–H groups in total. The number of aliphatic hydroxyl groups excluding tert-OH is 1. The third-order valence-corrected chi connectivity index (χ3v) is 4.20. The number of amides is 1. The molecule has 1 aliphatic rings. The van der Waals surface area contributed by atoms with Crippen molar-refractivity contribution in [3.63, 3.8) is 0 Å². The Labute approximate surface area is 114 Å². The average Bonchev–Trinajstić information content (AvgIpc) is 2.45. The first kappa shape index (κ1) is 13.8. The first-order valence-corrected chi connectivity index (χ1v) is 7.54. The van der Waals surface area contributed by atoms with Crippen LogP contribution in [-0.4, -0.2) is 51.3 Å². The van der Waals surface area contributed by atoms with Crippen LogP contribution in [-0.2, 0) is 10.8 Å². The fourth-order valence-electron chi connectivity index (χ4n) is 1.92. The van der Waals surface area contributed by atoms with E-state index in [2.05, 4.69) is 11.8 Å². The Bertz CT molecular complexity index is 549. The van der Waals surface area contributed by atoms with Crippen LogP contribution >= 0.6 is 0 Å². The van der Waals surface area contributed by atoms with E-state index in [1.807, 2.05) is 6.07 Å². The Kier molecular flexibility index (Phi) is 4.72. The summed E-state index contributed by atoms with van der Waals surface area (Å²) in [4.78, 5) is 14.1. The van der Waals surface area contributed by atoms with Crippen molar-refractivity contribution in [1.29, 1.82) is 0 Å². The Balaban J connectivity index is 2.21. The smallest absolute Gasteiger partial charge is 0.255 e. The van der Waals surface area contributed by atoms with Crippen LogP contribution in [0.15, 0.2) is 24.3 Å². The van der Waals surface area contributed by atoms with Crippen LogP contribution < -0.4 is 0 Å². The molecule has 0 aromatic heterocycles. The van der Waals surface area contributed by atoms with Crippen molar-refractivity contribution >= 4 is 16.7 Å². The molecule has 0 atom stereocenters. The molecule has 0 saturated carbocycles. The molecule has 100 valence electrons. The summed E-state index contributed by atoms with van der Waals surface area (Å²) in [6.45, 7) is 0.811. The molecule has 1 saturated heterocycles. The third kappa shape index (κ3) is 3.43. The Hall–Kier alpha value is -1.64. The van der Waals surface area contributed by atoms with Crippen molar-refractivity contribution < 1.29 is 14.1 Å². The molecule has 0 unspecified atom stereocenters. The number of benzene rings is 1. The maximum atomic E-state index is 12.4. The summed E-state index contributed by atoms with van der Waals surface area (Å²) in [6.07, 6.45) is 0. The van der Waals surface area contributed by atoms with Crippen LogP contribution in [0.3, 0.4) is 0 Å². The lowest BCUT2D eigenvalue weighted by molar-refractivity contribution is 0.0771. The molecule has 1 aliphatic heterocycles. The molecule has 19 heavy (non-hydrogen) atoms. The van der Waals surface area contributed by atoms with E-state index in [-0.39, 0.29) is 12.5 Å². The predicted molar refractivity (Wildman–Crippen MR) is 74.2 cm³/mol. The van der Waals surface area contributed by atoms with E-state index in [9.17, 15) is 9.00 Å². The van der Waals surface area contributed by atoms with Gasteiger partial charge in [0.05, 0.1) is 5.56 Å². The van der Waals surface area contributed by atoms with Crippen LogP contribution in [0.4, 0.5) is 0 Å². The number of nitrogens with zero attached hydrogens (tertiary/aromatic N) is 1. The van der Waals surface area contributed by atoms with Gasteiger partial charge < -0.3 is 10.0 Å². The lowest BCUT2D eigenvalue weighted by Crippen LogP contribution is -2.42. The SMILES string of the molecule is O=C(c1ccccc1C#CCO)N1CCS(=O)CC1. The monoisotopic (exact) mass is 277 g/mol. The number of hydrogen-bond acceptors (Lipinski definition) is 3. The highest BCUT2D eigenvalue weighted by Crippen LogP contribution is 2.12. The summed E-state index contributed by atoms with van der Waals surface area (Å²) in [5.41, 5.74) is 1.16. The van der Waals surface area contributed by atoms with Crippen LogP contribution in [0.5, 0.6) is 0 Å². The van der Waals surface area contributed by atoms with Gasteiger partial charge in [0.15, 0.2) is 0 Å². The van der Waals surface area contributed by atoms with Crippen LogP contribution in [0.25, 0.3) is 0 Å². The van der Waals surface area contributed by atoms with E-state index >= 15 is 0 Å². The van der Waals surface area contributed by atoms with Gasteiger partial charge in [0.25, 0.3) is 5.91 Å². The fraction of sp³-hybridized carbons (Fsp3) is 0.357. The molecule has 0 aliphatic carbocycles. The van der Waals surface area contributed by atoms with Gasteiger partial charge in [0.2, 0.25) is 0 Å². The maximum Gasteiger partial charge on any atom is 0.255 e. The second-order valence-electron chi connectivity index (χ2n) is 4.15. The normalized spacial score (nSPS) is 15.7. The highest BCUT2D eigenvalue weighted by Gasteiger charge is 2.22. The van der Waals surface area contributed by atoms with Gasteiger partial charge in [-0.25, -0.2) is 0 Å². The molecule has 5 heteroatoms. The van der Waals surface area contributed by atoms with Gasteiger partial charge in [0, 0.05) is 41.0 Å². The van der Waals surface area contributed by atoms with Crippen molar-refractivity contribution in [2.45, 2.75) is 0 Å². The van der Waals surface area contributed by atoms with Crippen LogP contribution in [0.2, 0.25) is 0 Å². The molecule has 1 heterocycles. The summed E-state index contributed by atoms with van der Waals surface area (Å²) in [6, 6.07) is 7.09. The number of rotatable bonds is 1. The van der Waals surface area contributed by atoms with Gasteiger partial charge in [-0.2, -0.15) is 0 Å². The molecule has 1 fully saturated rings.